The third-order valence-corrected chi connectivity index (χ3v) is 5.77. The fourth-order valence-electron chi connectivity index (χ4n) is 4.05. The van der Waals surface area contributed by atoms with Crippen molar-refractivity contribution in [1.82, 2.24) is 20.0 Å². The highest BCUT2D eigenvalue weighted by molar-refractivity contribution is 14.0. The first kappa shape index (κ1) is 24.9. The van der Waals surface area contributed by atoms with E-state index in [1.54, 1.807) is 0 Å². The molecule has 8 nitrogen and oxygen atoms in total. The number of hydrogen-bond donors (Lipinski definition) is 1. The number of rotatable bonds is 6. The van der Waals surface area contributed by atoms with Gasteiger partial charge in [-0.2, -0.15) is 5.10 Å². The second-order valence-corrected chi connectivity index (χ2v) is 8.10. The largest absolute Gasteiger partial charge is 0.381 e. The smallest absolute Gasteiger partial charge is 0.194 e. The van der Waals surface area contributed by atoms with Gasteiger partial charge in [0.05, 0.1) is 32.1 Å². The van der Waals surface area contributed by atoms with Crippen LogP contribution in [0.4, 0.5) is 0 Å². The predicted molar refractivity (Wildman–Crippen MR) is 134 cm³/mol. The SMILES string of the molecule is CN=C(NCc1cccc(COC2CCOCC2)c1)N1CCOC(c2cnn(C)c2)C1.I. The number of hydrogen-bond acceptors (Lipinski definition) is 5. The maximum Gasteiger partial charge on any atom is 0.194 e. The second kappa shape index (κ2) is 12.5. The lowest BCUT2D eigenvalue weighted by molar-refractivity contribution is -0.0390. The number of ether oxygens (including phenoxy) is 3. The lowest BCUT2D eigenvalue weighted by Gasteiger charge is -2.34. The van der Waals surface area contributed by atoms with Crippen LogP contribution >= 0.6 is 24.0 Å². The van der Waals surface area contributed by atoms with Crippen molar-refractivity contribution in [3.63, 3.8) is 0 Å². The molecule has 0 amide bonds. The zero-order chi connectivity index (χ0) is 21.5. The summed E-state index contributed by atoms with van der Waals surface area (Å²) in [7, 11) is 3.75. The molecule has 0 spiro atoms. The van der Waals surface area contributed by atoms with Crippen LogP contribution in [0.3, 0.4) is 0 Å². The lowest BCUT2D eigenvalue weighted by atomic mass is 10.1. The summed E-state index contributed by atoms with van der Waals surface area (Å²) in [5.41, 5.74) is 3.51. The Bertz CT molecular complexity index is 869. The fraction of sp³-hybridized carbons (Fsp3) is 0.565. The highest BCUT2D eigenvalue weighted by Crippen LogP contribution is 2.21. The number of benzene rings is 1. The van der Waals surface area contributed by atoms with Crippen LogP contribution in [0.15, 0.2) is 41.7 Å². The third-order valence-electron chi connectivity index (χ3n) is 5.77. The molecule has 32 heavy (non-hydrogen) atoms. The number of aliphatic imine (C=N–C) groups is 1. The van der Waals surface area contributed by atoms with E-state index in [1.807, 2.05) is 31.2 Å². The Morgan fingerprint density at radius 3 is 2.81 bits per heavy atom. The van der Waals surface area contributed by atoms with Crippen LogP contribution in [0.2, 0.25) is 0 Å². The first-order valence-corrected chi connectivity index (χ1v) is 11.0. The minimum absolute atomic E-state index is 0. The van der Waals surface area contributed by atoms with Gasteiger partial charge in [-0.1, -0.05) is 24.3 Å². The molecule has 1 unspecified atom stereocenters. The van der Waals surface area contributed by atoms with Crippen LogP contribution in [0.5, 0.6) is 0 Å². The van der Waals surface area contributed by atoms with Crippen LogP contribution in [0.1, 0.15) is 35.6 Å². The fourth-order valence-corrected chi connectivity index (χ4v) is 4.05. The molecule has 9 heteroatoms. The van der Waals surface area contributed by atoms with E-state index in [2.05, 4.69) is 44.6 Å². The van der Waals surface area contributed by atoms with E-state index in [9.17, 15) is 0 Å². The maximum atomic E-state index is 6.07. The number of halogens is 1. The zero-order valence-electron chi connectivity index (χ0n) is 18.9. The summed E-state index contributed by atoms with van der Waals surface area (Å²) in [4.78, 5) is 6.75. The van der Waals surface area contributed by atoms with E-state index in [-0.39, 0.29) is 30.1 Å². The topological polar surface area (TPSA) is 73.1 Å². The van der Waals surface area contributed by atoms with Crippen molar-refractivity contribution in [2.45, 2.75) is 38.2 Å². The zero-order valence-corrected chi connectivity index (χ0v) is 21.2. The van der Waals surface area contributed by atoms with Crippen molar-refractivity contribution in [3.05, 3.63) is 53.3 Å². The number of aryl methyl sites for hydroxylation is 1. The van der Waals surface area contributed by atoms with Gasteiger partial charge in [-0.15, -0.1) is 24.0 Å². The second-order valence-electron chi connectivity index (χ2n) is 8.10. The van der Waals surface area contributed by atoms with E-state index in [0.717, 1.165) is 50.7 Å². The molecule has 4 rings (SSSR count). The van der Waals surface area contributed by atoms with E-state index >= 15 is 0 Å². The van der Waals surface area contributed by atoms with Gasteiger partial charge < -0.3 is 24.4 Å². The molecule has 0 saturated carbocycles. The molecule has 1 N–H and O–H groups in total. The molecule has 2 aliphatic rings. The average molecular weight is 555 g/mol. The van der Waals surface area contributed by atoms with Gasteiger partial charge in [-0.05, 0) is 24.0 Å². The van der Waals surface area contributed by atoms with Crippen LogP contribution in [0.25, 0.3) is 0 Å². The lowest BCUT2D eigenvalue weighted by Crippen LogP contribution is -2.47. The van der Waals surface area contributed by atoms with Crippen LogP contribution in [-0.4, -0.2) is 66.7 Å². The Labute approximate surface area is 207 Å². The van der Waals surface area contributed by atoms with E-state index < -0.39 is 0 Å². The van der Waals surface area contributed by atoms with Crippen molar-refractivity contribution in [1.29, 1.82) is 0 Å². The number of guanidine groups is 1. The van der Waals surface area contributed by atoms with Crippen LogP contribution in [0, 0.1) is 0 Å². The minimum Gasteiger partial charge on any atom is -0.381 e. The van der Waals surface area contributed by atoms with Crippen LogP contribution < -0.4 is 5.32 Å². The molecule has 0 aliphatic carbocycles. The number of nitrogens with one attached hydrogen (secondary N) is 1. The van der Waals surface area contributed by atoms with Crippen molar-refractivity contribution < 1.29 is 14.2 Å². The highest BCUT2D eigenvalue weighted by Gasteiger charge is 2.25. The van der Waals surface area contributed by atoms with Gasteiger partial charge in [0.2, 0.25) is 0 Å². The first-order valence-electron chi connectivity index (χ1n) is 11.0. The summed E-state index contributed by atoms with van der Waals surface area (Å²) in [6.45, 7) is 5.20. The first-order chi connectivity index (χ1) is 15.2. The van der Waals surface area contributed by atoms with E-state index in [0.29, 0.717) is 25.9 Å². The van der Waals surface area contributed by atoms with Gasteiger partial charge in [-0.3, -0.25) is 9.67 Å². The average Bonchev–Trinajstić information content (AvgIpc) is 3.26. The Morgan fingerprint density at radius 1 is 1.25 bits per heavy atom. The summed E-state index contributed by atoms with van der Waals surface area (Å²) in [6, 6.07) is 8.56. The molecule has 1 aromatic carbocycles. The van der Waals surface area contributed by atoms with E-state index in [1.165, 1.54) is 11.1 Å². The number of aromatic nitrogens is 2. The van der Waals surface area contributed by atoms with Gasteiger partial charge in [0.15, 0.2) is 5.96 Å². The van der Waals surface area contributed by atoms with Crippen molar-refractivity contribution in [2.24, 2.45) is 12.0 Å². The molecule has 3 heterocycles. The number of nitrogens with zero attached hydrogens (tertiary/aromatic N) is 4. The molecule has 0 bridgehead atoms. The molecule has 2 saturated heterocycles. The Morgan fingerprint density at radius 2 is 2.06 bits per heavy atom. The summed E-state index contributed by atoms with van der Waals surface area (Å²) >= 11 is 0. The van der Waals surface area contributed by atoms with Crippen molar-refractivity contribution in [2.75, 3.05) is 40.0 Å². The monoisotopic (exact) mass is 555 g/mol. The summed E-state index contributed by atoms with van der Waals surface area (Å²) in [6.07, 6.45) is 6.17. The third kappa shape index (κ3) is 6.90. The van der Waals surface area contributed by atoms with Gasteiger partial charge in [-0.25, -0.2) is 0 Å². The van der Waals surface area contributed by atoms with Crippen LogP contribution in [-0.2, 0) is 34.4 Å². The van der Waals surface area contributed by atoms with Gasteiger partial charge in [0.1, 0.15) is 6.10 Å². The van der Waals surface area contributed by atoms with Crippen molar-refractivity contribution in [3.8, 4) is 0 Å². The quantitative estimate of drug-likeness (QED) is 0.336. The number of morpholine rings is 1. The van der Waals surface area contributed by atoms with Crippen molar-refractivity contribution >= 4 is 29.9 Å². The molecule has 1 aromatic heterocycles. The maximum absolute atomic E-state index is 6.07. The van der Waals surface area contributed by atoms with E-state index in [4.69, 9.17) is 14.2 Å². The Kier molecular flexibility index (Phi) is 9.76. The molecule has 1 atom stereocenters. The Hall–Kier alpha value is -1.69. The molecule has 2 aromatic rings. The highest BCUT2D eigenvalue weighted by atomic mass is 127. The molecular formula is C23H34IN5O3. The summed E-state index contributed by atoms with van der Waals surface area (Å²) < 4.78 is 19.2. The molecular weight excluding hydrogens is 521 g/mol. The Balaban J connectivity index is 0.00000289. The molecule has 2 aliphatic heterocycles. The predicted octanol–water partition coefficient (Wildman–Crippen LogP) is 2.88. The standard InChI is InChI=1S/C23H33N5O3.HI/c1-24-23(28-8-11-30-22(16-28)20-14-26-27(2)15-20)25-13-18-4-3-5-19(12-18)17-31-21-6-9-29-10-7-21;/h3-5,12,14-15,21-22H,6-11,13,16-17H2,1-2H3,(H,24,25);1H. The van der Waals surface area contributed by atoms with Gasteiger partial charge in [0.25, 0.3) is 0 Å². The molecule has 176 valence electrons. The summed E-state index contributed by atoms with van der Waals surface area (Å²) in [5, 5.41) is 7.77. The minimum atomic E-state index is 0. The van der Waals surface area contributed by atoms with Gasteiger partial charge >= 0.3 is 0 Å². The molecule has 2 fully saturated rings. The normalized spacial score (nSPS) is 20.1. The van der Waals surface area contributed by atoms with Gasteiger partial charge in [0, 0.05) is 52.2 Å². The summed E-state index contributed by atoms with van der Waals surface area (Å²) in [5.74, 6) is 0.890. The molecule has 0 radical (unpaired) electrons.